The molecule has 1 aliphatic heterocycles. The van der Waals surface area contributed by atoms with E-state index < -0.39 is 0 Å². The molecule has 4 heterocycles. The summed E-state index contributed by atoms with van der Waals surface area (Å²) >= 11 is 0. The maximum Gasteiger partial charge on any atom is 0.258 e. The van der Waals surface area contributed by atoms with Gasteiger partial charge in [-0.15, -0.1) is 0 Å². The van der Waals surface area contributed by atoms with E-state index in [0.29, 0.717) is 0 Å². The van der Waals surface area contributed by atoms with Crippen molar-refractivity contribution in [3.63, 3.8) is 0 Å². The zero-order chi connectivity index (χ0) is 41.9. The van der Waals surface area contributed by atoms with E-state index in [9.17, 15) is 0 Å². The van der Waals surface area contributed by atoms with Gasteiger partial charge in [-0.25, -0.2) is 0 Å². The standard InChI is InChI=1S/C56H49BN2O2/c1-54(2,3)31-18-21-33(22-19-31)58-45-30-44-38(34-14-10-12-16-43(34)56(44,7)8)27-39(45)36-23-24-37-40-29-49-41(35-15-11-13-17-47(35)60-49)28-46(40)59-51(37)50(36)57(9)53-52(59)42-26-32(55(4,5)6)20-25-48(42)61-53/h10-30,58H,1-9H3. The SMILES string of the molecule is CB1c2oc3ccc(C(C)(C)C)cc3c2-n2c3cc4c(cc3c3ccc(-c5cc6c(cc5Nc5ccc(C(C)(C)C)cc5)C(C)(C)c5ccccc5-6)c1c32)oc1ccccc14. The van der Waals surface area contributed by atoms with Gasteiger partial charge in [0.1, 0.15) is 16.7 Å². The average Bonchev–Trinajstić information content (AvgIpc) is 3.95. The Labute approximate surface area is 357 Å². The summed E-state index contributed by atoms with van der Waals surface area (Å²) in [5.41, 5.74) is 20.9. The fourth-order valence-corrected chi connectivity index (χ4v) is 10.8. The molecule has 0 spiro atoms. The summed E-state index contributed by atoms with van der Waals surface area (Å²) in [5, 5.41) is 9.77. The number of rotatable bonds is 3. The monoisotopic (exact) mass is 792 g/mol. The zero-order valence-electron chi connectivity index (χ0n) is 36.5. The van der Waals surface area contributed by atoms with Crippen molar-refractivity contribution in [3.05, 3.63) is 150 Å². The Morgan fingerprint density at radius 1 is 0.541 bits per heavy atom. The highest BCUT2D eigenvalue weighted by molar-refractivity contribution is 6.88. The van der Waals surface area contributed by atoms with Gasteiger partial charge in [-0.1, -0.05) is 135 Å². The van der Waals surface area contributed by atoms with Gasteiger partial charge in [0.15, 0.2) is 0 Å². The third-order valence-electron chi connectivity index (χ3n) is 14.1. The topological polar surface area (TPSA) is 43.2 Å². The summed E-state index contributed by atoms with van der Waals surface area (Å²) in [6.45, 7) is 20.7. The van der Waals surface area contributed by atoms with E-state index in [0.717, 1.165) is 61.1 Å². The quantitative estimate of drug-likeness (QED) is 0.181. The molecule has 12 rings (SSSR count). The molecule has 7 aromatic carbocycles. The Kier molecular flexibility index (Phi) is 7.22. The maximum atomic E-state index is 7.07. The molecule has 3 aromatic heterocycles. The summed E-state index contributed by atoms with van der Waals surface area (Å²) in [7, 11) is 0. The van der Waals surface area contributed by atoms with Gasteiger partial charge in [-0.2, -0.15) is 0 Å². The van der Waals surface area contributed by atoms with Crippen LogP contribution in [0.5, 0.6) is 0 Å². The first-order valence-electron chi connectivity index (χ1n) is 21.8. The molecule has 0 atom stereocenters. The number of anilines is 2. The lowest BCUT2D eigenvalue weighted by molar-refractivity contribution is 0.590. The Hall–Kier alpha value is -6.46. The number of nitrogens with one attached hydrogen (secondary N) is 1. The molecule has 0 saturated heterocycles. The van der Waals surface area contributed by atoms with Crippen molar-refractivity contribution in [3.8, 4) is 27.9 Å². The van der Waals surface area contributed by atoms with Gasteiger partial charge in [0.2, 0.25) is 0 Å². The molecular formula is C56H49BN2O2. The molecule has 0 fully saturated rings. The van der Waals surface area contributed by atoms with Gasteiger partial charge in [-0.05, 0) is 110 Å². The molecule has 1 N–H and O–H groups in total. The predicted molar refractivity (Wildman–Crippen MR) is 259 cm³/mol. The van der Waals surface area contributed by atoms with Crippen molar-refractivity contribution in [2.45, 2.75) is 78.5 Å². The van der Waals surface area contributed by atoms with E-state index in [2.05, 4.69) is 193 Å². The zero-order valence-corrected chi connectivity index (χ0v) is 36.5. The molecule has 298 valence electrons. The highest BCUT2D eigenvalue weighted by Crippen LogP contribution is 2.52. The minimum atomic E-state index is -0.148. The number of fused-ring (bicyclic) bond motifs is 13. The van der Waals surface area contributed by atoms with Crippen LogP contribution in [0.15, 0.2) is 136 Å². The molecule has 1 aliphatic carbocycles. The van der Waals surface area contributed by atoms with Crippen molar-refractivity contribution in [2.24, 2.45) is 0 Å². The summed E-state index contributed by atoms with van der Waals surface area (Å²) in [6, 6.07) is 47.4. The fourth-order valence-electron chi connectivity index (χ4n) is 10.8. The van der Waals surface area contributed by atoms with Crippen LogP contribution < -0.4 is 16.4 Å². The molecule has 0 radical (unpaired) electrons. The molecule has 4 nitrogen and oxygen atoms in total. The van der Waals surface area contributed by atoms with Crippen LogP contribution in [0.2, 0.25) is 6.82 Å². The number of hydrogen-bond donors (Lipinski definition) is 1. The number of aromatic nitrogens is 1. The summed E-state index contributed by atoms with van der Waals surface area (Å²) in [5.74, 6) is 0. The van der Waals surface area contributed by atoms with Crippen molar-refractivity contribution in [2.75, 3.05) is 5.32 Å². The van der Waals surface area contributed by atoms with Gasteiger partial charge in [-0.3, -0.25) is 0 Å². The van der Waals surface area contributed by atoms with Gasteiger partial charge in [0.05, 0.1) is 16.9 Å². The molecule has 2 aliphatic rings. The smallest absolute Gasteiger partial charge is 0.258 e. The third-order valence-corrected chi connectivity index (χ3v) is 14.1. The normalized spacial score (nSPS) is 14.4. The van der Waals surface area contributed by atoms with Crippen molar-refractivity contribution in [1.29, 1.82) is 0 Å². The molecule has 0 bridgehead atoms. The largest absolute Gasteiger partial charge is 0.469 e. The molecular weight excluding hydrogens is 743 g/mol. The Morgan fingerprint density at radius 2 is 1.26 bits per heavy atom. The van der Waals surface area contributed by atoms with Crippen molar-refractivity contribution < 1.29 is 8.83 Å². The molecule has 61 heavy (non-hydrogen) atoms. The highest BCUT2D eigenvalue weighted by atomic mass is 16.3. The van der Waals surface area contributed by atoms with E-state index in [1.807, 2.05) is 6.07 Å². The molecule has 5 heteroatoms. The summed E-state index contributed by atoms with van der Waals surface area (Å²) in [4.78, 5) is 0. The lowest BCUT2D eigenvalue weighted by atomic mass is 9.42. The Morgan fingerprint density at radius 3 is 2.05 bits per heavy atom. The van der Waals surface area contributed by atoms with Crippen molar-refractivity contribution >= 4 is 83.9 Å². The lowest BCUT2D eigenvalue weighted by Crippen LogP contribution is -2.45. The number of hydrogen-bond acceptors (Lipinski definition) is 3. The van der Waals surface area contributed by atoms with Gasteiger partial charge in [0, 0.05) is 54.8 Å². The summed E-state index contributed by atoms with van der Waals surface area (Å²) in [6.07, 6.45) is 0. The minimum absolute atomic E-state index is 0.0170. The van der Waals surface area contributed by atoms with E-state index in [4.69, 9.17) is 8.83 Å². The first-order chi connectivity index (χ1) is 29.2. The van der Waals surface area contributed by atoms with Crippen molar-refractivity contribution in [1.82, 2.24) is 4.57 Å². The third kappa shape index (κ3) is 5.07. The van der Waals surface area contributed by atoms with Gasteiger partial charge in [0.25, 0.3) is 6.71 Å². The Bertz CT molecular complexity index is 3510. The van der Waals surface area contributed by atoms with Crippen LogP contribution in [0.3, 0.4) is 0 Å². The average molecular weight is 793 g/mol. The molecule has 10 aromatic rings. The van der Waals surface area contributed by atoms with Crippen LogP contribution in [-0.4, -0.2) is 11.3 Å². The summed E-state index contributed by atoms with van der Waals surface area (Å²) < 4.78 is 16.1. The predicted octanol–water partition coefficient (Wildman–Crippen LogP) is 14.3. The van der Waals surface area contributed by atoms with E-state index >= 15 is 0 Å². The minimum Gasteiger partial charge on any atom is -0.469 e. The number of para-hydroxylation sites is 1. The highest BCUT2D eigenvalue weighted by Gasteiger charge is 2.39. The van der Waals surface area contributed by atoms with Crippen LogP contribution in [0, 0.1) is 0 Å². The molecule has 0 amide bonds. The second-order valence-electron chi connectivity index (χ2n) is 20.3. The molecule has 0 unspecified atom stereocenters. The Balaban J connectivity index is 1.18. The van der Waals surface area contributed by atoms with E-state index in [1.54, 1.807) is 0 Å². The van der Waals surface area contributed by atoms with Crippen LogP contribution in [-0.2, 0) is 16.2 Å². The number of furan rings is 2. The van der Waals surface area contributed by atoms with E-state index in [1.165, 1.54) is 66.3 Å². The lowest BCUT2D eigenvalue weighted by Gasteiger charge is -2.26. The van der Waals surface area contributed by atoms with Gasteiger partial charge >= 0.3 is 0 Å². The maximum absolute atomic E-state index is 7.07. The van der Waals surface area contributed by atoms with Crippen LogP contribution in [0.4, 0.5) is 11.4 Å². The number of nitrogens with zero attached hydrogens (tertiary/aromatic N) is 1. The first-order valence-corrected chi connectivity index (χ1v) is 21.8. The second kappa shape index (κ2) is 12.1. The first kappa shape index (κ1) is 36.4. The van der Waals surface area contributed by atoms with Gasteiger partial charge < -0.3 is 18.7 Å². The van der Waals surface area contributed by atoms with E-state index in [-0.39, 0.29) is 23.0 Å². The van der Waals surface area contributed by atoms with Crippen LogP contribution in [0.1, 0.15) is 77.6 Å². The molecule has 0 saturated carbocycles. The fraction of sp³-hybridized carbons (Fsp3) is 0.214. The second-order valence-corrected chi connectivity index (χ2v) is 20.3. The van der Waals surface area contributed by atoms with Crippen LogP contribution in [0.25, 0.3) is 82.7 Å². The van der Waals surface area contributed by atoms with Crippen LogP contribution >= 0.6 is 0 Å². The number of benzene rings is 7.